The van der Waals surface area contributed by atoms with Crippen LogP contribution in [0, 0.1) is 0 Å². The van der Waals surface area contributed by atoms with Crippen molar-refractivity contribution in [3.8, 4) is 22.9 Å². The molecule has 1 aliphatic rings. The minimum absolute atomic E-state index is 0.227. The van der Waals surface area contributed by atoms with Crippen molar-refractivity contribution in [2.45, 2.75) is 6.10 Å². The third-order valence-corrected chi connectivity index (χ3v) is 6.02. The molecule has 4 aromatic rings. The summed E-state index contributed by atoms with van der Waals surface area (Å²) in [6, 6.07) is 21.2. The molecule has 1 unspecified atom stereocenters. The third kappa shape index (κ3) is 4.97. The number of methoxy groups -OCH3 is 1. The Morgan fingerprint density at radius 1 is 0.946 bits per heavy atom. The summed E-state index contributed by atoms with van der Waals surface area (Å²) in [6.45, 7) is 0.288. The minimum Gasteiger partial charge on any atom is -0.495 e. The average molecular weight is 500 g/mol. The van der Waals surface area contributed by atoms with Crippen molar-refractivity contribution >= 4 is 22.6 Å². The van der Waals surface area contributed by atoms with Crippen LogP contribution in [0.2, 0.25) is 0 Å². The van der Waals surface area contributed by atoms with Crippen molar-refractivity contribution < 1.29 is 23.8 Å². The Hall–Kier alpha value is -4.79. The zero-order valence-electron chi connectivity index (χ0n) is 20.1. The van der Waals surface area contributed by atoms with Crippen molar-refractivity contribution in [2.75, 3.05) is 26.8 Å². The van der Waals surface area contributed by atoms with Gasteiger partial charge in [-0.2, -0.15) is 0 Å². The molecular weight excluding hydrogens is 474 g/mol. The second-order valence-electron chi connectivity index (χ2n) is 8.42. The third-order valence-electron chi connectivity index (χ3n) is 6.02. The Labute approximate surface area is 212 Å². The molecule has 5 rings (SSSR count). The maximum Gasteiger partial charge on any atom is 0.263 e. The molecule has 2 heterocycles. The fraction of sp³-hybridized carbons (Fsp3) is 0.179. The molecule has 1 aromatic heterocycles. The van der Waals surface area contributed by atoms with Crippen LogP contribution in [0.3, 0.4) is 0 Å². The van der Waals surface area contributed by atoms with Crippen LogP contribution in [-0.4, -0.2) is 49.3 Å². The topological polar surface area (TPSA) is 108 Å². The molecule has 0 aliphatic carbocycles. The molecule has 0 saturated heterocycles. The van der Waals surface area contributed by atoms with Gasteiger partial charge in [0.2, 0.25) is 5.91 Å². The molecule has 9 heteroatoms. The summed E-state index contributed by atoms with van der Waals surface area (Å²) in [6.07, 6.45) is 1.13. The van der Waals surface area contributed by atoms with Gasteiger partial charge >= 0.3 is 0 Å². The first-order chi connectivity index (χ1) is 18.0. The highest BCUT2D eigenvalue weighted by atomic mass is 16.6. The Kier molecular flexibility index (Phi) is 6.76. The SMILES string of the molecule is COc1ccccc1-n1cc(C(=O)NCC(=O)NCC2COc3ccccc3O2)c2ccccc2c1=O. The summed E-state index contributed by atoms with van der Waals surface area (Å²) in [5, 5.41) is 6.27. The first-order valence-corrected chi connectivity index (χ1v) is 11.8. The van der Waals surface area contributed by atoms with E-state index in [1.165, 1.54) is 17.9 Å². The lowest BCUT2D eigenvalue weighted by Crippen LogP contribution is -2.44. The molecule has 2 N–H and O–H groups in total. The van der Waals surface area contributed by atoms with Gasteiger partial charge in [0.1, 0.15) is 18.5 Å². The number of amides is 2. The Bertz CT molecular complexity index is 1530. The summed E-state index contributed by atoms with van der Waals surface area (Å²) < 4.78 is 18.3. The van der Waals surface area contributed by atoms with Crippen molar-refractivity contribution in [2.24, 2.45) is 0 Å². The minimum atomic E-state index is -0.485. The van der Waals surface area contributed by atoms with Crippen LogP contribution in [0.4, 0.5) is 0 Å². The lowest BCUT2D eigenvalue weighted by Gasteiger charge is -2.26. The lowest BCUT2D eigenvalue weighted by molar-refractivity contribution is -0.120. The zero-order chi connectivity index (χ0) is 25.8. The number of pyridine rings is 1. The van der Waals surface area contributed by atoms with Gasteiger partial charge in [0.05, 0.1) is 31.5 Å². The summed E-state index contributed by atoms with van der Waals surface area (Å²) in [5.74, 6) is 0.916. The fourth-order valence-corrected chi connectivity index (χ4v) is 4.19. The van der Waals surface area contributed by atoms with Crippen molar-refractivity contribution in [3.05, 3.63) is 94.9 Å². The van der Waals surface area contributed by atoms with Crippen LogP contribution in [0.1, 0.15) is 10.4 Å². The van der Waals surface area contributed by atoms with Gasteiger partial charge < -0.3 is 24.8 Å². The molecule has 37 heavy (non-hydrogen) atoms. The van der Waals surface area contributed by atoms with Crippen LogP contribution >= 0.6 is 0 Å². The highest BCUT2D eigenvalue weighted by Crippen LogP contribution is 2.30. The van der Waals surface area contributed by atoms with Gasteiger partial charge in [-0.05, 0) is 30.3 Å². The summed E-state index contributed by atoms with van der Waals surface area (Å²) >= 11 is 0. The van der Waals surface area contributed by atoms with Gasteiger partial charge in [-0.3, -0.25) is 19.0 Å². The van der Waals surface area contributed by atoms with Gasteiger partial charge in [0.25, 0.3) is 11.5 Å². The number of nitrogens with zero attached hydrogens (tertiary/aromatic N) is 1. The van der Waals surface area contributed by atoms with E-state index in [-0.39, 0.29) is 36.2 Å². The van der Waals surface area contributed by atoms with Crippen LogP contribution in [0.15, 0.2) is 83.8 Å². The molecule has 0 radical (unpaired) electrons. The van der Waals surface area contributed by atoms with E-state index in [0.29, 0.717) is 40.3 Å². The second-order valence-corrected chi connectivity index (χ2v) is 8.42. The molecule has 9 nitrogen and oxygen atoms in total. The fourth-order valence-electron chi connectivity index (χ4n) is 4.19. The molecule has 3 aromatic carbocycles. The van der Waals surface area contributed by atoms with E-state index >= 15 is 0 Å². The van der Waals surface area contributed by atoms with Crippen LogP contribution < -0.4 is 30.4 Å². The van der Waals surface area contributed by atoms with E-state index in [0.717, 1.165) is 0 Å². The second kappa shape index (κ2) is 10.4. The summed E-state index contributed by atoms with van der Waals surface area (Å²) in [4.78, 5) is 38.9. The molecular formula is C28H25N3O6. The Morgan fingerprint density at radius 3 is 2.46 bits per heavy atom. The van der Waals surface area contributed by atoms with E-state index in [1.807, 2.05) is 18.2 Å². The van der Waals surface area contributed by atoms with Crippen molar-refractivity contribution in [1.82, 2.24) is 15.2 Å². The number of para-hydroxylation sites is 4. The maximum atomic E-state index is 13.2. The number of hydrogen-bond donors (Lipinski definition) is 2. The highest BCUT2D eigenvalue weighted by Gasteiger charge is 2.22. The smallest absolute Gasteiger partial charge is 0.263 e. The molecule has 188 valence electrons. The number of hydrogen-bond acceptors (Lipinski definition) is 6. The predicted octanol–water partition coefficient (Wildman–Crippen LogP) is 2.69. The normalized spacial score (nSPS) is 14.1. The molecule has 0 spiro atoms. The predicted molar refractivity (Wildman–Crippen MR) is 138 cm³/mol. The number of fused-ring (bicyclic) bond motifs is 2. The van der Waals surface area contributed by atoms with Crippen LogP contribution in [-0.2, 0) is 4.79 Å². The van der Waals surface area contributed by atoms with E-state index in [2.05, 4.69) is 10.6 Å². The van der Waals surface area contributed by atoms with E-state index < -0.39 is 5.91 Å². The summed E-state index contributed by atoms with van der Waals surface area (Å²) in [5.41, 5.74) is 0.476. The van der Waals surface area contributed by atoms with E-state index in [4.69, 9.17) is 14.2 Å². The van der Waals surface area contributed by atoms with Crippen LogP contribution in [0.5, 0.6) is 17.2 Å². The van der Waals surface area contributed by atoms with Crippen LogP contribution in [0.25, 0.3) is 16.5 Å². The number of carbonyl (C=O) groups excluding carboxylic acids is 2. The average Bonchev–Trinajstić information content (AvgIpc) is 2.95. The molecule has 0 fully saturated rings. The summed E-state index contributed by atoms with van der Waals surface area (Å²) in [7, 11) is 1.51. The van der Waals surface area contributed by atoms with Gasteiger partial charge in [-0.25, -0.2) is 0 Å². The number of ether oxygens (including phenoxy) is 3. The largest absolute Gasteiger partial charge is 0.495 e. The molecule has 0 saturated carbocycles. The first-order valence-electron chi connectivity index (χ1n) is 11.8. The molecule has 1 atom stereocenters. The highest BCUT2D eigenvalue weighted by molar-refractivity contribution is 6.07. The number of benzene rings is 3. The molecule has 0 bridgehead atoms. The number of aromatic nitrogens is 1. The first kappa shape index (κ1) is 23.9. The quantitative estimate of drug-likeness (QED) is 0.405. The van der Waals surface area contributed by atoms with Gasteiger partial charge in [-0.15, -0.1) is 0 Å². The number of nitrogens with one attached hydrogen (secondary N) is 2. The number of rotatable bonds is 7. The Balaban J connectivity index is 1.30. The van der Waals surface area contributed by atoms with E-state index in [1.54, 1.807) is 54.6 Å². The van der Waals surface area contributed by atoms with Gasteiger partial charge in [0.15, 0.2) is 11.5 Å². The number of carbonyl (C=O) groups is 2. The lowest BCUT2D eigenvalue weighted by atomic mass is 10.1. The van der Waals surface area contributed by atoms with E-state index in [9.17, 15) is 14.4 Å². The van der Waals surface area contributed by atoms with Gasteiger partial charge in [-0.1, -0.05) is 42.5 Å². The van der Waals surface area contributed by atoms with Crippen molar-refractivity contribution in [1.29, 1.82) is 0 Å². The van der Waals surface area contributed by atoms with Crippen molar-refractivity contribution in [3.63, 3.8) is 0 Å². The zero-order valence-corrected chi connectivity index (χ0v) is 20.1. The molecule has 2 amide bonds. The monoisotopic (exact) mass is 499 g/mol. The van der Waals surface area contributed by atoms with Gasteiger partial charge in [0, 0.05) is 17.0 Å². The maximum absolute atomic E-state index is 13.2. The Morgan fingerprint density at radius 2 is 1.65 bits per heavy atom. The standard InChI is InChI=1S/C28H25N3O6/c1-35-23-11-5-4-10-22(23)31-16-21(19-8-2-3-9-20(19)28(31)34)27(33)30-15-26(32)29-14-18-17-36-24-12-6-7-13-25(24)37-18/h2-13,16,18H,14-15,17H2,1H3,(H,29,32)(H,30,33). The molecule has 1 aliphatic heterocycles.